The molecular formula is C26H43N5O4. The van der Waals surface area contributed by atoms with E-state index in [0.29, 0.717) is 38.8 Å². The first kappa shape index (κ1) is 27.2. The number of carbonyl (C=O) groups is 2. The number of fused-ring (bicyclic) bond motifs is 1. The third-order valence-corrected chi connectivity index (χ3v) is 6.77. The summed E-state index contributed by atoms with van der Waals surface area (Å²) in [5.41, 5.74) is 2.43. The van der Waals surface area contributed by atoms with Crippen LogP contribution in [0.4, 0.5) is 10.6 Å². The number of aromatic nitrogens is 1. The van der Waals surface area contributed by atoms with Gasteiger partial charge in [-0.05, 0) is 83.4 Å². The molecule has 0 spiro atoms. The normalized spacial score (nSPS) is 15.9. The number of carboxylic acid groups (broad SMARTS) is 1. The Morgan fingerprint density at radius 1 is 1.20 bits per heavy atom. The van der Waals surface area contributed by atoms with Crippen molar-refractivity contribution >= 4 is 17.8 Å². The number of nitrogens with one attached hydrogen (secondary N) is 2. The number of pyridine rings is 1. The lowest BCUT2D eigenvalue weighted by atomic mass is 10.1. The van der Waals surface area contributed by atoms with Crippen molar-refractivity contribution in [3.05, 3.63) is 23.4 Å². The molecule has 0 saturated heterocycles. The van der Waals surface area contributed by atoms with Gasteiger partial charge in [0.25, 0.3) is 0 Å². The molecule has 1 unspecified atom stereocenters. The molecule has 3 N–H and O–H groups in total. The van der Waals surface area contributed by atoms with Crippen molar-refractivity contribution in [1.29, 1.82) is 0 Å². The molecule has 2 heterocycles. The molecule has 196 valence electrons. The van der Waals surface area contributed by atoms with E-state index >= 15 is 0 Å². The van der Waals surface area contributed by atoms with Gasteiger partial charge in [-0.2, -0.15) is 0 Å². The highest BCUT2D eigenvalue weighted by atomic mass is 16.5. The summed E-state index contributed by atoms with van der Waals surface area (Å²) in [6, 6.07) is 3.12. The summed E-state index contributed by atoms with van der Waals surface area (Å²) in [6.07, 6.45) is 8.26. The minimum Gasteiger partial charge on any atom is -0.480 e. The van der Waals surface area contributed by atoms with Crippen molar-refractivity contribution in [2.24, 2.45) is 0 Å². The molecule has 1 atom stereocenters. The number of urea groups is 1. The molecule has 35 heavy (non-hydrogen) atoms. The van der Waals surface area contributed by atoms with Crippen LogP contribution < -0.4 is 10.6 Å². The van der Waals surface area contributed by atoms with Gasteiger partial charge in [-0.1, -0.05) is 6.07 Å². The number of hydrogen-bond acceptors (Lipinski definition) is 6. The SMILES string of the molecule is CCN(CC)C(=O)NC(CCN(CCCCc1ccc2c(n1)NCCC2)CCOC1CC1)C(=O)O. The molecule has 0 bridgehead atoms. The molecule has 1 aromatic rings. The van der Waals surface area contributed by atoms with Crippen LogP contribution in [0.3, 0.4) is 0 Å². The van der Waals surface area contributed by atoms with Crippen LogP contribution in [-0.4, -0.2) is 89.9 Å². The smallest absolute Gasteiger partial charge is 0.326 e. The van der Waals surface area contributed by atoms with E-state index in [-0.39, 0.29) is 6.03 Å². The number of carbonyl (C=O) groups excluding carboxylic acids is 1. The monoisotopic (exact) mass is 489 g/mol. The average Bonchev–Trinajstić information content (AvgIpc) is 3.68. The van der Waals surface area contributed by atoms with E-state index in [9.17, 15) is 14.7 Å². The predicted molar refractivity (Wildman–Crippen MR) is 137 cm³/mol. The van der Waals surface area contributed by atoms with Crippen molar-refractivity contribution in [3.63, 3.8) is 0 Å². The Labute approximate surface area is 209 Å². The highest BCUT2D eigenvalue weighted by Crippen LogP contribution is 2.23. The molecule has 0 aromatic carbocycles. The molecule has 9 heteroatoms. The Morgan fingerprint density at radius 3 is 2.71 bits per heavy atom. The molecule has 1 aliphatic heterocycles. The van der Waals surface area contributed by atoms with Crippen LogP contribution in [-0.2, 0) is 22.4 Å². The lowest BCUT2D eigenvalue weighted by molar-refractivity contribution is -0.139. The highest BCUT2D eigenvalue weighted by Gasteiger charge is 2.24. The van der Waals surface area contributed by atoms with Crippen molar-refractivity contribution in [2.75, 3.05) is 51.2 Å². The summed E-state index contributed by atoms with van der Waals surface area (Å²) in [5.74, 6) is 0.0471. The fraction of sp³-hybridized carbons (Fsp3) is 0.731. The zero-order valence-corrected chi connectivity index (χ0v) is 21.4. The number of hydrogen-bond donors (Lipinski definition) is 3. The molecule has 0 radical (unpaired) electrons. The fourth-order valence-corrected chi connectivity index (χ4v) is 4.39. The van der Waals surface area contributed by atoms with E-state index in [1.807, 2.05) is 13.8 Å². The molecule has 1 aliphatic carbocycles. The Balaban J connectivity index is 1.46. The average molecular weight is 490 g/mol. The van der Waals surface area contributed by atoms with E-state index in [1.54, 1.807) is 4.90 Å². The molecule has 1 saturated carbocycles. The standard InChI is InChI=1S/C26H43N5O4/c1-3-31(4-2)26(34)29-23(25(32)33)14-17-30(18-19-35-22-12-13-22)16-6-5-9-21-11-10-20-8-7-15-27-24(20)28-21/h10-11,22-23H,3-9,12-19H2,1-2H3,(H,27,28)(H,29,34)(H,32,33). The first-order valence-corrected chi connectivity index (χ1v) is 13.3. The number of rotatable bonds is 16. The van der Waals surface area contributed by atoms with Gasteiger partial charge in [0.1, 0.15) is 11.9 Å². The third kappa shape index (κ3) is 9.29. The summed E-state index contributed by atoms with van der Waals surface area (Å²) in [5, 5.41) is 15.7. The summed E-state index contributed by atoms with van der Waals surface area (Å²) >= 11 is 0. The van der Waals surface area contributed by atoms with Crippen LogP contribution in [0, 0.1) is 0 Å². The van der Waals surface area contributed by atoms with Gasteiger partial charge in [-0.15, -0.1) is 0 Å². The van der Waals surface area contributed by atoms with Gasteiger partial charge < -0.3 is 30.3 Å². The van der Waals surface area contributed by atoms with Crippen molar-refractivity contribution in [1.82, 2.24) is 20.1 Å². The number of aliphatic carboxylic acids is 1. The number of unbranched alkanes of at least 4 members (excludes halogenated alkanes) is 1. The number of nitrogens with zero attached hydrogens (tertiary/aromatic N) is 3. The van der Waals surface area contributed by atoms with Crippen LogP contribution in [0.5, 0.6) is 0 Å². The van der Waals surface area contributed by atoms with Gasteiger partial charge in [-0.3, -0.25) is 0 Å². The topological polar surface area (TPSA) is 107 Å². The maximum absolute atomic E-state index is 12.4. The second-order valence-corrected chi connectivity index (χ2v) is 9.51. The van der Waals surface area contributed by atoms with Crippen molar-refractivity contribution in [3.8, 4) is 0 Å². The summed E-state index contributed by atoms with van der Waals surface area (Å²) in [7, 11) is 0. The van der Waals surface area contributed by atoms with Gasteiger partial charge in [-0.25, -0.2) is 14.6 Å². The Morgan fingerprint density at radius 2 is 2.00 bits per heavy atom. The fourth-order valence-electron chi connectivity index (χ4n) is 4.39. The molecular weight excluding hydrogens is 446 g/mol. The number of amides is 2. The van der Waals surface area contributed by atoms with Gasteiger partial charge in [0.05, 0.1) is 12.7 Å². The van der Waals surface area contributed by atoms with Gasteiger partial charge >= 0.3 is 12.0 Å². The van der Waals surface area contributed by atoms with E-state index in [4.69, 9.17) is 9.72 Å². The molecule has 3 rings (SSSR count). The molecule has 2 amide bonds. The van der Waals surface area contributed by atoms with Crippen molar-refractivity contribution in [2.45, 2.75) is 77.4 Å². The van der Waals surface area contributed by atoms with Crippen LogP contribution in [0.2, 0.25) is 0 Å². The second-order valence-electron chi connectivity index (χ2n) is 9.51. The molecule has 9 nitrogen and oxygen atoms in total. The Hall–Kier alpha value is -2.39. The number of aryl methyl sites for hydroxylation is 2. The largest absolute Gasteiger partial charge is 0.480 e. The van der Waals surface area contributed by atoms with E-state index in [2.05, 4.69) is 27.7 Å². The second kappa shape index (κ2) is 14.2. The lowest BCUT2D eigenvalue weighted by Crippen LogP contribution is -2.49. The van der Waals surface area contributed by atoms with Crippen molar-refractivity contribution < 1.29 is 19.4 Å². The zero-order valence-electron chi connectivity index (χ0n) is 21.4. The summed E-state index contributed by atoms with van der Waals surface area (Å²) in [6.45, 7) is 8.77. The number of anilines is 1. The number of ether oxygens (including phenoxy) is 1. The maximum Gasteiger partial charge on any atom is 0.326 e. The van der Waals surface area contributed by atoms with Crippen LogP contribution >= 0.6 is 0 Å². The minimum atomic E-state index is -0.994. The van der Waals surface area contributed by atoms with Crippen LogP contribution in [0.1, 0.15) is 63.6 Å². The third-order valence-electron chi connectivity index (χ3n) is 6.77. The molecule has 1 fully saturated rings. The van der Waals surface area contributed by atoms with Gasteiger partial charge in [0, 0.05) is 38.4 Å². The van der Waals surface area contributed by atoms with Crippen LogP contribution in [0.25, 0.3) is 0 Å². The Kier molecular flexibility index (Phi) is 11.1. The predicted octanol–water partition coefficient (Wildman–Crippen LogP) is 3.14. The lowest BCUT2D eigenvalue weighted by Gasteiger charge is -2.26. The first-order valence-electron chi connectivity index (χ1n) is 13.3. The van der Waals surface area contributed by atoms with Crippen LogP contribution in [0.15, 0.2) is 12.1 Å². The zero-order chi connectivity index (χ0) is 25.0. The van der Waals surface area contributed by atoms with E-state index in [0.717, 1.165) is 76.1 Å². The van der Waals surface area contributed by atoms with E-state index < -0.39 is 12.0 Å². The quantitative estimate of drug-likeness (QED) is 0.306. The maximum atomic E-state index is 12.4. The summed E-state index contributed by atoms with van der Waals surface area (Å²) < 4.78 is 5.84. The molecule has 1 aromatic heterocycles. The van der Waals surface area contributed by atoms with E-state index in [1.165, 1.54) is 5.56 Å². The van der Waals surface area contributed by atoms with Gasteiger partial charge in [0.15, 0.2) is 0 Å². The Bertz CT molecular complexity index is 813. The number of carboxylic acids is 1. The van der Waals surface area contributed by atoms with Gasteiger partial charge in [0.2, 0.25) is 0 Å². The molecule has 2 aliphatic rings. The minimum absolute atomic E-state index is 0.321. The highest BCUT2D eigenvalue weighted by molar-refractivity contribution is 5.82. The summed E-state index contributed by atoms with van der Waals surface area (Å²) in [4.78, 5) is 32.8. The first-order chi connectivity index (χ1) is 17.0.